The van der Waals surface area contributed by atoms with Crippen molar-refractivity contribution in [3.63, 3.8) is 0 Å². The topological polar surface area (TPSA) is 48.0 Å². The van der Waals surface area contributed by atoms with Crippen molar-refractivity contribution in [2.24, 2.45) is 0 Å². The number of thioether (sulfide) groups is 1. The van der Waals surface area contributed by atoms with Crippen molar-refractivity contribution in [2.75, 3.05) is 19.1 Å². The summed E-state index contributed by atoms with van der Waals surface area (Å²) in [5, 5.41) is 1.05. The highest BCUT2D eigenvalue weighted by Crippen LogP contribution is 2.40. The molecule has 0 bridgehead atoms. The maximum atomic E-state index is 13.2. The molecule has 34 heavy (non-hydrogen) atoms. The first-order chi connectivity index (χ1) is 16.4. The molecule has 1 fully saturated rings. The van der Waals surface area contributed by atoms with Crippen LogP contribution in [0, 0.1) is 0 Å². The van der Waals surface area contributed by atoms with E-state index in [1.807, 2.05) is 12.1 Å². The number of amides is 1. The smallest absolute Gasteiger partial charge is 0.270 e. The summed E-state index contributed by atoms with van der Waals surface area (Å²) < 4.78 is 17.2. The molecule has 0 spiro atoms. The molecule has 1 heterocycles. The molecule has 9 heteroatoms. The predicted octanol–water partition coefficient (Wildman–Crippen LogP) is 7.00. The average Bonchev–Trinajstić information content (AvgIpc) is 3.11. The summed E-state index contributed by atoms with van der Waals surface area (Å²) in [6, 6.07) is 17.8. The van der Waals surface area contributed by atoms with Crippen LogP contribution in [0.5, 0.6) is 17.2 Å². The highest BCUT2D eigenvalue weighted by molar-refractivity contribution is 8.27. The summed E-state index contributed by atoms with van der Waals surface area (Å²) in [7, 11) is 3.15. The summed E-state index contributed by atoms with van der Waals surface area (Å²) in [5.41, 5.74) is 2.12. The maximum Gasteiger partial charge on any atom is 0.270 e. The van der Waals surface area contributed by atoms with Gasteiger partial charge in [-0.3, -0.25) is 9.69 Å². The van der Waals surface area contributed by atoms with Crippen molar-refractivity contribution in [2.45, 2.75) is 6.61 Å². The van der Waals surface area contributed by atoms with Gasteiger partial charge in [0, 0.05) is 21.2 Å². The third kappa shape index (κ3) is 5.18. The monoisotopic (exact) mass is 531 g/mol. The van der Waals surface area contributed by atoms with Gasteiger partial charge in [-0.25, -0.2) is 0 Å². The first-order valence-corrected chi connectivity index (χ1v) is 12.0. The molecule has 0 N–H and O–H groups in total. The molecule has 0 atom stereocenters. The van der Waals surface area contributed by atoms with Crippen LogP contribution < -0.4 is 19.1 Å². The Balaban J connectivity index is 1.63. The first-order valence-electron chi connectivity index (χ1n) is 10.1. The Bertz CT molecular complexity index is 1280. The number of nitrogens with zero attached hydrogens (tertiary/aromatic N) is 1. The zero-order valence-electron chi connectivity index (χ0n) is 18.2. The van der Waals surface area contributed by atoms with Gasteiger partial charge < -0.3 is 14.2 Å². The van der Waals surface area contributed by atoms with Crippen molar-refractivity contribution >= 4 is 69.2 Å². The molecule has 4 rings (SSSR count). The van der Waals surface area contributed by atoms with Gasteiger partial charge in [-0.05, 0) is 48.5 Å². The minimum Gasteiger partial charge on any atom is -0.497 e. The average molecular weight is 532 g/mol. The summed E-state index contributed by atoms with van der Waals surface area (Å²) in [5.74, 6) is 1.51. The zero-order chi connectivity index (χ0) is 24.2. The summed E-state index contributed by atoms with van der Waals surface area (Å²) in [4.78, 5) is 15.2. The second-order valence-electron chi connectivity index (χ2n) is 7.12. The fourth-order valence-electron chi connectivity index (χ4n) is 3.31. The van der Waals surface area contributed by atoms with E-state index < -0.39 is 0 Å². The second-order valence-corrected chi connectivity index (χ2v) is 9.64. The molecule has 1 aliphatic rings. The Morgan fingerprint density at radius 2 is 1.79 bits per heavy atom. The van der Waals surface area contributed by atoms with Gasteiger partial charge in [-0.2, -0.15) is 0 Å². The lowest BCUT2D eigenvalue weighted by molar-refractivity contribution is -0.113. The lowest BCUT2D eigenvalue weighted by atomic mass is 10.1. The molecule has 3 aromatic rings. The molecular formula is C25H19Cl2NO4S2. The molecule has 1 saturated heterocycles. The van der Waals surface area contributed by atoms with Crippen molar-refractivity contribution in [1.29, 1.82) is 0 Å². The molecule has 0 aromatic heterocycles. The minimum atomic E-state index is -0.213. The predicted molar refractivity (Wildman–Crippen MR) is 142 cm³/mol. The highest BCUT2D eigenvalue weighted by Gasteiger charge is 2.33. The Morgan fingerprint density at radius 3 is 2.47 bits per heavy atom. The summed E-state index contributed by atoms with van der Waals surface area (Å²) in [6.45, 7) is 0.198. The molecule has 0 unspecified atom stereocenters. The molecular weight excluding hydrogens is 513 g/mol. The van der Waals surface area contributed by atoms with Crippen LogP contribution in [0.2, 0.25) is 10.0 Å². The van der Waals surface area contributed by atoms with Crippen LogP contribution in [0.25, 0.3) is 6.08 Å². The number of methoxy groups -OCH3 is 2. The molecule has 0 saturated carbocycles. The van der Waals surface area contributed by atoms with Gasteiger partial charge in [-0.1, -0.05) is 65.4 Å². The normalized spacial score (nSPS) is 14.6. The van der Waals surface area contributed by atoms with Crippen molar-refractivity contribution in [3.8, 4) is 17.2 Å². The van der Waals surface area contributed by atoms with Crippen LogP contribution >= 0.6 is 47.2 Å². The number of carbonyl (C=O) groups excluding carboxylic acids is 1. The van der Waals surface area contributed by atoms with Gasteiger partial charge in [0.25, 0.3) is 5.91 Å². The first kappa shape index (κ1) is 24.4. The standard InChI is InChI=1S/C25H19Cl2NO4S2/c1-30-19-10-8-18(9-11-19)28-24(29)22(34-25(28)33)12-15-4-3-5-21(31-2)23(15)32-14-16-6-7-17(26)13-20(16)27/h3-13H,14H2,1-2H3/b22-12-. The number of benzene rings is 3. The third-order valence-electron chi connectivity index (χ3n) is 5.03. The summed E-state index contributed by atoms with van der Waals surface area (Å²) in [6.07, 6.45) is 1.75. The molecule has 0 aliphatic carbocycles. The van der Waals surface area contributed by atoms with Gasteiger partial charge in [-0.15, -0.1) is 0 Å². The van der Waals surface area contributed by atoms with Gasteiger partial charge in [0.15, 0.2) is 15.8 Å². The number of thiocarbonyl (C=S) groups is 1. The lowest BCUT2D eigenvalue weighted by Crippen LogP contribution is -2.27. The van der Waals surface area contributed by atoms with E-state index in [1.165, 1.54) is 16.7 Å². The van der Waals surface area contributed by atoms with E-state index in [1.54, 1.807) is 68.8 Å². The van der Waals surface area contributed by atoms with E-state index in [2.05, 4.69) is 0 Å². The van der Waals surface area contributed by atoms with E-state index in [9.17, 15) is 4.79 Å². The largest absolute Gasteiger partial charge is 0.497 e. The second kappa shape index (κ2) is 10.7. The van der Waals surface area contributed by atoms with Crippen molar-refractivity contribution in [3.05, 3.63) is 86.7 Å². The van der Waals surface area contributed by atoms with E-state index in [4.69, 9.17) is 49.6 Å². The molecule has 174 valence electrons. The Kier molecular flexibility index (Phi) is 7.68. The van der Waals surface area contributed by atoms with Crippen LogP contribution in [0.4, 0.5) is 5.69 Å². The molecule has 3 aromatic carbocycles. The number of hydrogen-bond acceptors (Lipinski definition) is 6. The van der Waals surface area contributed by atoms with Crippen LogP contribution in [-0.2, 0) is 11.4 Å². The van der Waals surface area contributed by atoms with E-state index in [-0.39, 0.29) is 12.5 Å². The van der Waals surface area contributed by atoms with E-state index >= 15 is 0 Å². The van der Waals surface area contributed by atoms with Crippen LogP contribution in [0.15, 0.2) is 65.6 Å². The minimum absolute atomic E-state index is 0.198. The van der Waals surface area contributed by atoms with Gasteiger partial charge >= 0.3 is 0 Å². The Morgan fingerprint density at radius 1 is 1.03 bits per heavy atom. The molecule has 0 radical (unpaired) electrons. The number of para-hydroxylation sites is 1. The molecule has 1 amide bonds. The van der Waals surface area contributed by atoms with Crippen LogP contribution in [0.1, 0.15) is 11.1 Å². The fraction of sp³-hybridized carbons (Fsp3) is 0.120. The maximum absolute atomic E-state index is 13.2. The highest BCUT2D eigenvalue weighted by atomic mass is 35.5. The van der Waals surface area contributed by atoms with Crippen molar-refractivity contribution < 1.29 is 19.0 Å². The number of anilines is 1. The Labute approximate surface area is 217 Å². The number of carbonyl (C=O) groups is 1. The number of hydrogen-bond donors (Lipinski definition) is 0. The van der Waals surface area contributed by atoms with E-state index in [0.717, 1.165) is 5.56 Å². The molecule has 5 nitrogen and oxygen atoms in total. The zero-order valence-corrected chi connectivity index (χ0v) is 21.4. The number of rotatable bonds is 7. The van der Waals surface area contributed by atoms with Crippen molar-refractivity contribution in [1.82, 2.24) is 0 Å². The fourth-order valence-corrected chi connectivity index (χ4v) is 5.07. The Hall–Kier alpha value is -2.71. The quantitative estimate of drug-likeness (QED) is 0.241. The van der Waals surface area contributed by atoms with Crippen LogP contribution in [-0.4, -0.2) is 24.4 Å². The molecule has 1 aliphatic heterocycles. The lowest BCUT2D eigenvalue weighted by Gasteiger charge is -2.15. The SMILES string of the molecule is COc1ccc(N2C(=O)/C(=C/c3cccc(OC)c3OCc3ccc(Cl)cc3Cl)SC2=S)cc1. The number of ether oxygens (including phenoxy) is 3. The van der Waals surface area contributed by atoms with Crippen LogP contribution in [0.3, 0.4) is 0 Å². The number of halogens is 2. The van der Waals surface area contributed by atoms with Gasteiger partial charge in [0.2, 0.25) is 0 Å². The van der Waals surface area contributed by atoms with E-state index in [0.29, 0.717) is 47.8 Å². The third-order valence-corrected chi connectivity index (χ3v) is 6.92. The van der Waals surface area contributed by atoms with Gasteiger partial charge in [0.1, 0.15) is 12.4 Å². The summed E-state index contributed by atoms with van der Waals surface area (Å²) >= 11 is 19.0. The van der Waals surface area contributed by atoms with Gasteiger partial charge in [0.05, 0.1) is 24.8 Å².